The van der Waals surface area contributed by atoms with Crippen molar-refractivity contribution >= 4 is 5.91 Å². The predicted octanol–water partition coefficient (Wildman–Crippen LogP) is 2.96. The minimum Gasteiger partial charge on any atom is -0.504 e. The first kappa shape index (κ1) is 14.7. The van der Waals surface area contributed by atoms with Crippen LogP contribution in [0.3, 0.4) is 0 Å². The van der Waals surface area contributed by atoms with Gasteiger partial charge in [0, 0.05) is 6.04 Å². The fraction of sp³-hybridized carbons (Fsp3) is 0.562. The number of phenolic OH excluding ortho intramolecular Hbond substituents is 1. The molecule has 0 heterocycles. The minimum absolute atomic E-state index is 0.0931. The number of carbonyl (C=O) groups excluding carboxylic acids is 1. The van der Waals surface area contributed by atoms with Crippen molar-refractivity contribution in [1.82, 2.24) is 5.32 Å². The highest BCUT2D eigenvalue weighted by Crippen LogP contribution is 2.31. The summed E-state index contributed by atoms with van der Waals surface area (Å²) in [6, 6.07) is 5.14. The van der Waals surface area contributed by atoms with Crippen molar-refractivity contribution in [2.75, 3.05) is 7.11 Å². The van der Waals surface area contributed by atoms with E-state index in [1.54, 1.807) is 18.2 Å². The molecule has 2 N–H and O–H groups in total. The van der Waals surface area contributed by atoms with E-state index in [0.717, 1.165) is 12.8 Å². The van der Waals surface area contributed by atoms with Crippen molar-refractivity contribution in [1.29, 1.82) is 0 Å². The Labute approximate surface area is 120 Å². The third kappa shape index (κ3) is 3.24. The smallest absolute Gasteiger partial charge is 0.255 e. The molecule has 1 fully saturated rings. The molecule has 110 valence electrons. The summed E-state index contributed by atoms with van der Waals surface area (Å²) in [5, 5.41) is 13.0. The zero-order chi connectivity index (χ0) is 14.7. The fourth-order valence-electron chi connectivity index (χ4n) is 3.20. The maximum Gasteiger partial charge on any atom is 0.255 e. The number of aromatic hydroxyl groups is 1. The second-order valence-corrected chi connectivity index (χ2v) is 5.94. The van der Waals surface area contributed by atoms with Crippen LogP contribution in [0.1, 0.15) is 43.5 Å². The Hall–Kier alpha value is -1.71. The zero-order valence-corrected chi connectivity index (χ0v) is 12.3. The monoisotopic (exact) mass is 277 g/mol. The number of methoxy groups -OCH3 is 1. The predicted molar refractivity (Wildman–Crippen MR) is 78.1 cm³/mol. The summed E-state index contributed by atoms with van der Waals surface area (Å²) in [5.41, 5.74) is 0.273. The molecular weight excluding hydrogens is 254 g/mol. The number of hydrogen-bond acceptors (Lipinski definition) is 3. The molecule has 0 radical (unpaired) electrons. The van der Waals surface area contributed by atoms with Crippen molar-refractivity contribution < 1.29 is 14.6 Å². The molecule has 2 unspecified atom stereocenters. The van der Waals surface area contributed by atoms with Crippen LogP contribution >= 0.6 is 0 Å². The summed E-state index contributed by atoms with van der Waals surface area (Å²) in [6.45, 7) is 4.44. The van der Waals surface area contributed by atoms with Crippen LogP contribution < -0.4 is 10.1 Å². The van der Waals surface area contributed by atoms with Crippen LogP contribution in [0, 0.1) is 11.8 Å². The molecule has 0 bridgehead atoms. The highest BCUT2D eigenvalue weighted by molar-refractivity contribution is 5.97. The standard InChI is InChI=1S/C16H23NO3/c1-10-7-11(2)9-12(8-10)17-16(19)13-5-4-6-14(20-3)15(13)18/h4-6,10-12,18H,7-9H2,1-3H3,(H,17,19). The molecule has 1 aliphatic rings. The van der Waals surface area contributed by atoms with E-state index in [-0.39, 0.29) is 23.3 Å². The second kappa shape index (κ2) is 6.16. The Kier molecular flexibility index (Phi) is 4.53. The number of phenols is 1. The van der Waals surface area contributed by atoms with Crippen LogP contribution in [0.25, 0.3) is 0 Å². The average molecular weight is 277 g/mol. The van der Waals surface area contributed by atoms with Gasteiger partial charge in [-0.3, -0.25) is 4.79 Å². The van der Waals surface area contributed by atoms with Gasteiger partial charge in [0.1, 0.15) is 0 Å². The Bertz CT molecular complexity index is 477. The third-order valence-electron chi connectivity index (χ3n) is 3.98. The molecule has 0 aliphatic heterocycles. The van der Waals surface area contributed by atoms with Gasteiger partial charge in [-0.25, -0.2) is 0 Å². The van der Waals surface area contributed by atoms with E-state index < -0.39 is 0 Å². The van der Waals surface area contributed by atoms with Crippen LogP contribution in [0.15, 0.2) is 18.2 Å². The molecule has 4 nitrogen and oxygen atoms in total. The number of carbonyl (C=O) groups is 1. The van der Waals surface area contributed by atoms with Crippen molar-refractivity contribution in [3.05, 3.63) is 23.8 Å². The van der Waals surface area contributed by atoms with Crippen molar-refractivity contribution in [3.8, 4) is 11.5 Å². The van der Waals surface area contributed by atoms with Gasteiger partial charge in [-0.1, -0.05) is 19.9 Å². The van der Waals surface area contributed by atoms with E-state index in [0.29, 0.717) is 17.6 Å². The molecule has 0 spiro atoms. The first-order valence-electron chi connectivity index (χ1n) is 7.18. The number of para-hydroxylation sites is 1. The first-order chi connectivity index (χ1) is 9.51. The zero-order valence-electron chi connectivity index (χ0n) is 12.3. The van der Waals surface area contributed by atoms with Crippen LogP contribution in [0.2, 0.25) is 0 Å². The van der Waals surface area contributed by atoms with Gasteiger partial charge in [0.05, 0.1) is 12.7 Å². The maximum absolute atomic E-state index is 12.3. The van der Waals surface area contributed by atoms with Crippen LogP contribution in [0.5, 0.6) is 11.5 Å². The number of rotatable bonds is 3. The number of amides is 1. The Morgan fingerprint density at radius 3 is 2.50 bits per heavy atom. The Morgan fingerprint density at radius 2 is 1.90 bits per heavy atom. The fourth-order valence-corrected chi connectivity index (χ4v) is 3.20. The molecule has 1 aromatic rings. The van der Waals surface area contributed by atoms with Gasteiger partial charge >= 0.3 is 0 Å². The van der Waals surface area contributed by atoms with Gasteiger partial charge in [0.25, 0.3) is 5.91 Å². The molecular formula is C16H23NO3. The molecule has 1 saturated carbocycles. The van der Waals surface area contributed by atoms with Crippen molar-refractivity contribution in [3.63, 3.8) is 0 Å². The first-order valence-corrected chi connectivity index (χ1v) is 7.18. The minimum atomic E-state index is -0.229. The van der Waals surface area contributed by atoms with Crippen LogP contribution in [-0.4, -0.2) is 24.2 Å². The summed E-state index contributed by atoms with van der Waals surface area (Å²) in [4.78, 5) is 12.3. The average Bonchev–Trinajstić information content (AvgIpc) is 2.37. The molecule has 0 aromatic heterocycles. The Morgan fingerprint density at radius 1 is 1.25 bits per heavy atom. The van der Waals surface area contributed by atoms with Gasteiger partial charge < -0.3 is 15.2 Å². The largest absolute Gasteiger partial charge is 0.504 e. The normalized spacial score (nSPS) is 26.1. The van der Waals surface area contributed by atoms with E-state index in [1.165, 1.54) is 13.5 Å². The van der Waals surface area contributed by atoms with E-state index in [2.05, 4.69) is 19.2 Å². The van der Waals surface area contributed by atoms with E-state index >= 15 is 0 Å². The van der Waals surface area contributed by atoms with E-state index in [9.17, 15) is 9.90 Å². The van der Waals surface area contributed by atoms with Gasteiger partial charge in [-0.2, -0.15) is 0 Å². The number of benzene rings is 1. The van der Waals surface area contributed by atoms with Gasteiger partial charge in [0.15, 0.2) is 11.5 Å². The molecule has 2 rings (SSSR count). The maximum atomic E-state index is 12.3. The van der Waals surface area contributed by atoms with E-state index in [4.69, 9.17) is 4.74 Å². The molecule has 1 amide bonds. The summed E-state index contributed by atoms with van der Waals surface area (Å²) < 4.78 is 5.03. The molecule has 4 heteroatoms. The number of ether oxygens (including phenoxy) is 1. The topological polar surface area (TPSA) is 58.6 Å². The van der Waals surface area contributed by atoms with Crippen LogP contribution in [0.4, 0.5) is 0 Å². The molecule has 20 heavy (non-hydrogen) atoms. The molecule has 2 atom stereocenters. The Balaban J connectivity index is 2.08. The molecule has 1 aromatic carbocycles. The lowest BCUT2D eigenvalue weighted by Gasteiger charge is -2.32. The summed E-state index contributed by atoms with van der Waals surface area (Å²) in [5.74, 6) is 1.26. The van der Waals surface area contributed by atoms with Crippen LogP contribution in [-0.2, 0) is 0 Å². The number of hydrogen-bond donors (Lipinski definition) is 2. The molecule has 0 saturated heterocycles. The summed E-state index contributed by atoms with van der Waals surface area (Å²) in [6.07, 6.45) is 3.22. The SMILES string of the molecule is COc1cccc(C(=O)NC2CC(C)CC(C)C2)c1O. The number of nitrogens with one attached hydrogen (secondary N) is 1. The summed E-state index contributed by atoms with van der Waals surface area (Å²) in [7, 11) is 1.47. The lowest BCUT2D eigenvalue weighted by molar-refractivity contribution is 0.0908. The highest BCUT2D eigenvalue weighted by atomic mass is 16.5. The lowest BCUT2D eigenvalue weighted by atomic mass is 9.80. The van der Waals surface area contributed by atoms with Gasteiger partial charge in [-0.05, 0) is 43.2 Å². The molecule has 1 aliphatic carbocycles. The summed E-state index contributed by atoms with van der Waals surface area (Å²) >= 11 is 0. The van der Waals surface area contributed by atoms with Gasteiger partial charge in [0.2, 0.25) is 0 Å². The highest BCUT2D eigenvalue weighted by Gasteiger charge is 2.26. The van der Waals surface area contributed by atoms with E-state index in [1.807, 2.05) is 0 Å². The third-order valence-corrected chi connectivity index (χ3v) is 3.98. The lowest BCUT2D eigenvalue weighted by Crippen LogP contribution is -2.40. The van der Waals surface area contributed by atoms with Crippen molar-refractivity contribution in [2.24, 2.45) is 11.8 Å². The quantitative estimate of drug-likeness (QED) is 0.893. The second-order valence-electron chi connectivity index (χ2n) is 5.94. The van der Waals surface area contributed by atoms with Gasteiger partial charge in [-0.15, -0.1) is 0 Å². The van der Waals surface area contributed by atoms with Crippen molar-refractivity contribution in [2.45, 2.75) is 39.2 Å².